The number of carboxylic acids is 1. The first kappa shape index (κ1) is 18.6. The number of hydrogen-bond acceptors (Lipinski definition) is 5. The molecule has 0 radical (unpaired) electrons. The van der Waals surface area contributed by atoms with Gasteiger partial charge < -0.3 is 10.0 Å². The number of aromatic carboxylic acids is 1. The van der Waals surface area contributed by atoms with Gasteiger partial charge in [0.15, 0.2) is 10.7 Å². The van der Waals surface area contributed by atoms with E-state index >= 15 is 0 Å². The normalized spacial score (nSPS) is 16.9. The first-order valence-electron chi connectivity index (χ1n) is 9.41. The minimum absolute atomic E-state index is 0.0107. The van der Waals surface area contributed by atoms with Gasteiger partial charge in [0.25, 0.3) is 0 Å². The van der Waals surface area contributed by atoms with Crippen LogP contribution in [0.1, 0.15) is 36.7 Å². The molecule has 1 unspecified atom stereocenters. The lowest BCUT2D eigenvalue weighted by Crippen LogP contribution is -2.37. The summed E-state index contributed by atoms with van der Waals surface area (Å²) in [6.07, 6.45) is 3.85. The van der Waals surface area contributed by atoms with Crippen LogP contribution in [0, 0.1) is 0 Å². The van der Waals surface area contributed by atoms with E-state index in [0.717, 1.165) is 22.6 Å². The minimum atomic E-state index is -1.06. The van der Waals surface area contributed by atoms with Gasteiger partial charge in [-0.1, -0.05) is 41.2 Å². The highest BCUT2D eigenvalue weighted by atomic mass is 32.2. The summed E-state index contributed by atoms with van der Waals surface area (Å²) in [6.45, 7) is 3.43. The Labute approximate surface area is 168 Å². The molecule has 1 fully saturated rings. The predicted octanol–water partition coefficient (Wildman–Crippen LogP) is 4.70. The lowest BCUT2D eigenvalue weighted by Gasteiger charge is -2.35. The first-order chi connectivity index (χ1) is 13.6. The number of piperidine rings is 1. The zero-order valence-electron chi connectivity index (χ0n) is 15.6. The molecule has 144 valence electrons. The van der Waals surface area contributed by atoms with Crippen molar-refractivity contribution in [3.63, 3.8) is 0 Å². The summed E-state index contributed by atoms with van der Waals surface area (Å²) < 4.78 is 0. The molecule has 6 nitrogen and oxygen atoms in total. The predicted molar refractivity (Wildman–Crippen MR) is 110 cm³/mol. The van der Waals surface area contributed by atoms with Crippen LogP contribution in [0.4, 0.5) is 5.69 Å². The molecule has 0 aliphatic carbocycles. The molecule has 1 atom stereocenters. The van der Waals surface area contributed by atoms with Crippen LogP contribution in [0.15, 0.2) is 58.5 Å². The van der Waals surface area contributed by atoms with E-state index < -0.39 is 5.97 Å². The molecule has 28 heavy (non-hydrogen) atoms. The molecule has 1 aliphatic heterocycles. The van der Waals surface area contributed by atoms with E-state index in [1.165, 1.54) is 36.7 Å². The van der Waals surface area contributed by atoms with E-state index in [1.54, 1.807) is 0 Å². The van der Waals surface area contributed by atoms with E-state index in [9.17, 15) is 4.79 Å². The second kappa shape index (κ2) is 8.06. The Balaban J connectivity index is 1.48. The topological polar surface area (TPSA) is 82.1 Å². The van der Waals surface area contributed by atoms with Gasteiger partial charge >= 0.3 is 5.97 Å². The van der Waals surface area contributed by atoms with Gasteiger partial charge in [-0.25, -0.2) is 4.79 Å². The van der Waals surface area contributed by atoms with Crippen LogP contribution in [0.5, 0.6) is 0 Å². The van der Waals surface area contributed by atoms with Gasteiger partial charge in [0, 0.05) is 23.2 Å². The second-order valence-corrected chi connectivity index (χ2v) is 8.07. The molecule has 0 amide bonds. The molecule has 0 saturated carbocycles. The smallest absolute Gasteiger partial charge is 0.356 e. The number of nitrogens with zero attached hydrogens (tertiary/aromatic N) is 3. The zero-order valence-corrected chi connectivity index (χ0v) is 16.4. The Morgan fingerprint density at radius 3 is 2.43 bits per heavy atom. The molecule has 2 aromatic carbocycles. The van der Waals surface area contributed by atoms with Gasteiger partial charge in [-0.3, -0.25) is 5.10 Å². The Morgan fingerprint density at radius 2 is 1.79 bits per heavy atom. The molecule has 2 heterocycles. The first-order valence-corrected chi connectivity index (χ1v) is 10.2. The van der Waals surface area contributed by atoms with Crippen molar-refractivity contribution in [1.29, 1.82) is 0 Å². The van der Waals surface area contributed by atoms with Crippen molar-refractivity contribution < 1.29 is 9.90 Å². The number of anilines is 1. The third-order valence-electron chi connectivity index (χ3n) is 5.13. The highest BCUT2D eigenvalue weighted by Crippen LogP contribution is 2.31. The summed E-state index contributed by atoms with van der Waals surface area (Å²) in [7, 11) is 0. The third-order valence-corrected chi connectivity index (χ3v) is 6.12. The Kier molecular flexibility index (Phi) is 5.34. The van der Waals surface area contributed by atoms with Crippen LogP contribution in [-0.2, 0) is 0 Å². The average Bonchev–Trinajstić information content (AvgIpc) is 3.18. The van der Waals surface area contributed by atoms with Crippen molar-refractivity contribution in [1.82, 2.24) is 15.4 Å². The summed E-state index contributed by atoms with van der Waals surface area (Å²) in [5.41, 5.74) is 3.59. The van der Waals surface area contributed by atoms with E-state index in [0.29, 0.717) is 11.1 Å². The summed E-state index contributed by atoms with van der Waals surface area (Å²) in [5, 5.41) is 19.3. The number of hydrogen-bond donors (Lipinski definition) is 2. The maximum absolute atomic E-state index is 11.1. The van der Waals surface area contributed by atoms with Crippen molar-refractivity contribution in [3.8, 4) is 11.1 Å². The van der Waals surface area contributed by atoms with E-state index in [-0.39, 0.29) is 5.69 Å². The average molecular weight is 395 g/mol. The van der Waals surface area contributed by atoms with Gasteiger partial charge in [0.1, 0.15) is 0 Å². The quantitative estimate of drug-likeness (QED) is 0.653. The number of aromatic amines is 1. The minimum Gasteiger partial charge on any atom is -0.476 e. The van der Waals surface area contributed by atoms with Crippen LogP contribution in [0.25, 0.3) is 11.1 Å². The number of benzene rings is 2. The Morgan fingerprint density at radius 1 is 1.11 bits per heavy atom. The maximum atomic E-state index is 11.1. The molecule has 1 aromatic heterocycles. The summed E-state index contributed by atoms with van der Waals surface area (Å²) in [4.78, 5) is 14.6. The lowest BCUT2D eigenvalue weighted by atomic mass is 10.0. The van der Waals surface area contributed by atoms with Crippen molar-refractivity contribution in [2.45, 2.75) is 42.1 Å². The molecule has 1 saturated heterocycles. The number of carboxylic acid groups (broad SMARTS) is 1. The largest absolute Gasteiger partial charge is 0.476 e. The van der Waals surface area contributed by atoms with Crippen LogP contribution >= 0.6 is 11.8 Å². The number of nitrogens with one attached hydrogen (secondary N) is 1. The number of carbonyl (C=O) groups is 1. The van der Waals surface area contributed by atoms with Gasteiger partial charge in [0.2, 0.25) is 0 Å². The van der Waals surface area contributed by atoms with Crippen molar-refractivity contribution >= 4 is 23.4 Å². The molecule has 3 aromatic rings. The van der Waals surface area contributed by atoms with Crippen LogP contribution in [-0.4, -0.2) is 39.1 Å². The fourth-order valence-electron chi connectivity index (χ4n) is 3.58. The molecular weight excluding hydrogens is 372 g/mol. The van der Waals surface area contributed by atoms with Gasteiger partial charge in [0.05, 0.1) is 0 Å². The fourth-order valence-corrected chi connectivity index (χ4v) is 4.40. The lowest BCUT2D eigenvalue weighted by molar-refractivity contribution is 0.0686. The van der Waals surface area contributed by atoms with Gasteiger partial charge in [-0.15, -0.1) is 5.10 Å². The molecule has 2 N–H and O–H groups in total. The zero-order chi connectivity index (χ0) is 19.5. The molecular formula is C21H22N4O2S. The van der Waals surface area contributed by atoms with Crippen molar-refractivity contribution in [3.05, 3.63) is 54.2 Å². The summed E-state index contributed by atoms with van der Waals surface area (Å²) in [5.74, 6) is -1.06. The van der Waals surface area contributed by atoms with Crippen LogP contribution < -0.4 is 4.90 Å². The van der Waals surface area contributed by atoms with E-state index in [4.69, 9.17) is 5.11 Å². The highest BCUT2D eigenvalue weighted by Gasteiger charge is 2.18. The number of rotatable bonds is 5. The van der Waals surface area contributed by atoms with Crippen LogP contribution in [0.3, 0.4) is 0 Å². The van der Waals surface area contributed by atoms with Gasteiger partial charge in [-0.05, 0) is 61.6 Å². The number of H-pyrrole nitrogens is 1. The monoisotopic (exact) mass is 394 g/mol. The van der Waals surface area contributed by atoms with Crippen molar-refractivity contribution in [2.75, 3.05) is 11.4 Å². The van der Waals surface area contributed by atoms with Crippen LogP contribution in [0.2, 0.25) is 0 Å². The SMILES string of the molecule is CC1CCCCN1c1ccc(-c2ccc(Sc3nn[nH]c3C(=O)O)cc2)cc1. The molecule has 4 rings (SSSR count). The Hall–Kier alpha value is -2.80. The highest BCUT2D eigenvalue weighted by molar-refractivity contribution is 7.99. The maximum Gasteiger partial charge on any atom is 0.356 e. The molecule has 0 spiro atoms. The molecule has 1 aliphatic rings. The van der Waals surface area contributed by atoms with Crippen molar-refractivity contribution in [2.24, 2.45) is 0 Å². The van der Waals surface area contributed by atoms with E-state index in [1.807, 2.05) is 24.3 Å². The molecule has 0 bridgehead atoms. The summed E-state index contributed by atoms with van der Waals surface area (Å²) in [6, 6.07) is 17.4. The van der Waals surface area contributed by atoms with Gasteiger partial charge in [-0.2, -0.15) is 0 Å². The summed E-state index contributed by atoms with van der Waals surface area (Å²) >= 11 is 1.28. The standard InChI is InChI=1S/C21H22N4O2S/c1-14-4-2-3-13-25(14)17-9-5-15(6-10-17)16-7-11-18(12-8-16)28-20-19(21(26)27)22-24-23-20/h5-12,14H,2-4,13H2,1H3,(H,26,27)(H,22,23,24). The molecule has 7 heteroatoms. The third kappa shape index (κ3) is 3.89. The van der Waals surface area contributed by atoms with E-state index in [2.05, 4.69) is 51.5 Å². The fraction of sp³-hybridized carbons (Fsp3) is 0.286. The number of aromatic nitrogens is 3. The Bertz CT molecular complexity index is 953. The second-order valence-electron chi connectivity index (χ2n) is 7.01.